The first-order valence-electron chi connectivity index (χ1n) is 7.76. The van der Waals surface area contributed by atoms with E-state index in [2.05, 4.69) is 20.3 Å². The van der Waals surface area contributed by atoms with Crippen LogP contribution in [0.5, 0.6) is 0 Å². The van der Waals surface area contributed by atoms with E-state index >= 15 is 0 Å². The predicted octanol–water partition coefficient (Wildman–Crippen LogP) is 3.67. The van der Waals surface area contributed by atoms with E-state index in [1.54, 1.807) is 13.3 Å². The van der Waals surface area contributed by atoms with E-state index in [9.17, 15) is 4.79 Å². The smallest absolute Gasteiger partial charge is 0.159 e. The van der Waals surface area contributed by atoms with Gasteiger partial charge in [0.25, 0.3) is 0 Å². The van der Waals surface area contributed by atoms with Crippen molar-refractivity contribution in [1.29, 1.82) is 0 Å². The highest BCUT2D eigenvalue weighted by Crippen LogP contribution is 2.31. The Hall–Kier alpha value is -2.43. The molecule has 2 N–H and O–H groups in total. The molecule has 22 heavy (non-hydrogen) atoms. The number of ketones is 1. The molecule has 4 rings (SSSR count). The predicted molar refractivity (Wildman–Crippen MR) is 87.3 cm³/mol. The Balaban J connectivity index is 1.90. The molecule has 0 aliphatic heterocycles. The van der Waals surface area contributed by atoms with Crippen molar-refractivity contribution >= 4 is 33.5 Å². The molecular weight excluding hydrogens is 276 g/mol. The molecule has 0 amide bonds. The van der Waals surface area contributed by atoms with Crippen molar-refractivity contribution in [2.24, 2.45) is 0 Å². The highest BCUT2D eigenvalue weighted by molar-refractivity contribution is 6.13. The van der Waals surface area contributed by atoms with E-state index in [4.69, 9.17) is 0 Å². The molecule has 2 heterocycles. The summed E-state index contributed by atoms with van der Waals surface area (Å²) in [4.78, 5) is 23.7. The van der Waals surface area contributed by atoms with Crippen LogP contribution in [0.15, 0.2) is 24.5 Å². The number of fused-ring (bicyclic) bond motifs is 3. The summed E-state index contributed by atoms with van der Waals surface area (Å²) >= 11 is 0. The molecule has 0 radical (unpaired) electrons. The van der Waals surface area contributed by atoms with Crippen molar-refractivity contribution in [2.45, 2.75) is 38.6 Å². The van der Waals surface area contributed by atoms with Gasteiger partial charge in [0.05, 0.1) is 5.39 Å². The Kier molecular flexibility index (Phi) is 3.06. The SMILES string of the molecule is CC(=O)c1ccc2[nH]c3ncnc(NC4CCCC4)c3c2c1. The Bertz CT molecular complexity index is 862. The van der Waals surface area contributed by atoms with Gasteiger partial charge in [0.15, 0.2) is 5.78 Å². The summed E-state index contributed by atoms with van der Waals surface area (Å²) in [6, 6.07) is 6.20. The van der Waals surface area contributed by atoms with E-state index in [1.807, 2.05) is 18.2 Å². The second kappa shape index (κ2) is 5.09. The van der Waals surface area contributed by atoms with Gasteiger partial charge < -0.3 is 10.3 Å². The minimum absolute atomic E-state index is 0.0680. The lowest BCUT2D eigenvalue weighted by Crippen LogP contribution is -2.15. The highest BCUT2D eigenvalue weighted by Gasteiger charge is 2.18. The first-order valence-corrected chi connectivity index (χ1v) is 7.76. The zero-order valence-corrected chi connectivity index (χ0v) is 12.5. The van der Waals surface area contributed by atoms with Gasteiger partial charge in [-0.1, -0.05) is 12.8 Å². The van der Waals surface area contributed by atoms with Gasteiger partial charge >= 0.3 is 0 Å². The number of hydrogen-bond donors (Lipinski definition) is 2. The summed E-state index contributed by atoms with van der Waals surface area (Å²) in [6.45, 7) is 1.59. The Morgan fingerprint density at radius 2 is 2.09 bits per heavy atom. The topological polar surface area (TPSA) is 70.7 Å². The van der Waals surface area contributed by atoms with Crippen LogP contribution in [0.1, 0.15) is 43.0 Å². The minimum Gasteiger partial charge on any atom is -0.367 e. The van der Waals surface area contributed by atoms with Gasteiger partial charge in [-0.05, 0) is 38.0 Å². The molecule has 3 aromatic rings. The zero-order chi connectivity index (χ0) is 15.1. The molecule has 1 fully saturated rings. The van der Waals surface area contributed by atoms with Gasteiger partial charge in [-0.3, -0.25) is 4.79 Å². The fraction of sp³-hybridized carbons (Fsp3) is 0.353. The van der Waals surface area contributed by atoms with Crippen molar-refractivity contribution in [3.63, 3.8) is 0 Å². The highest BCUT2D eigenvalue weighted by atomic mass is 16.1. The van der Waals surface area contributed by atoms with Crippen LogP contribution in [-0.2, 0) is 0 Å². The molecule has 0 spiro atoms. The maximum absolute atomic E-state index is 11.7. The maximum Gasteiger partial charge on any atom is 0.159 e. The summed E-state index contributed by atoms with van der Waals surface area (Å²) in [5.74, 6) is 0.933. The third-order valence-electron chi connectivity index (χ3n) is 4.49. The summed E-state index contributed by atoms with van der Waals surface area (Å²) in [7, 11) is 0. The molecule has 0 atom stereocenters. The van der Waals surface area contributed by atoms with Crippen LogP contribution in [0.4, 0.5) is 5.82 Å². The molecule has 1 aliphatic carbocycles. The number of nitrogens with zero attached hydrogens (tertiary/aromatic N) is 2. The monoisotopic (exact) mass is 294 g/mol. The zero-order valence-electron chi connectivity index (χ0n) is 12.5. The number of aromatic amines is 1. The number of hydrogen-bond acceptors (Lipinski definition) is 4. The number of benzene rings is 1. The number of H-pyrrole nitrogens is 1. The molecule has 0 saturated heterocycles. The summed E-state index contributed by atoms with van der Waals surface area (Å²) in [6.07, 6.45) is 6.50. The number of Topliss-reactive ketones (excluding diaryl/α,β-unsaturated/α-hetero) is 1. The van der Waals surface area contributed by atoms with Crippen LogP contribution in [0.3, 0.4) is 0 Å². The van der Waals surface area contributed by atoms with Gasteiger partial charge in [-0.25, -0.2) is 9.97 Å². The van der Waals surface area contributed by atoms with Crippen molar-refractivity contribution in [1.82, 2.24) is 15.0 Å². The number of rotatable bonds is 3. The van der Waals surface area contributed by atoms with E-state index in [0.717, 1.165) is 27.8 Å². The lowest BCUT2D eigenvalue weighted by molar-refractivity contribution is 0.101. The molecule has 1 saturated carbocycles. The van der Waals surface area contributed by atoms with E-state index < -0.39 is 0 Å². The maximum atomic E-state index is 11.7. The normalized spacial score (nSPS) is 15.7. The van der Waals surface area contributed by atoms with Crippen molar-refractivity contribution in [3.8, 4) is 0 Å². The summed E-state index contributed by atoms with van der Waals surface area (Å²) in [5, 5.41) is 5.54. The first kappa shape index (κ1) is 13.2. The minimum atomic E-state index is 0.0680. The lowest BCUT2D eigenvalue weighted by atomic mass is 10.1. The molecule has 5 nitrogen and oxygen atoms in total. The molecule has 2 aromatic heterocycles. The first-order chi connectivity index (χ1) is 10.7. The fourth-order valence-electron chi connectivity index (χ4n) is 3.32. The fourth-order valence-corrected chi connectivity index (χ4v) is 3.32. The molecule has 1 aliphatic rings. The van der Waals surface area contributed by atoms with Gasteiger partial charge in [-0.2, -0.15) is 0 Å². The van der Waals surface area contributed by atoms with Gasteiger partial charge in [-0.15, -0.1) is 0 Å². The Labute approximate surface area is 128 Å². The molecule has 5 heteroatoms. The van der Waals surface area contributed by atoms with Crippen molar-refractivity contribution in [2.75, 3.05) is 5.32 Å². The van der Waals surface area contributed by atoms with Crippen molar-refractivity contribution in [3.05, 3.63) is 30.1 Å². The molecule has 0 bridgehead atoms. The van der Waals surface area contributed by atoms with Crippen LogP contribution in [0.25, 0.3) is 21.9 Å². The van der Waals surface area contributed by atoms with Gasteiger partial charge in [0.1, 0.15) is 17.8 Å². The van der Waals surface area contributed by atoms with Crippen LogP contribution < -0.4 is 5.32 Å². The molecule has 112 valence electrons. The molecule has 0 unspecified atom stereocenters. The summed E-state index contributed by atoms with van der Waals surface area (Å²) < 4.78 is 0. The second-order valence-electron chi connectivity index (χ2n) is 6.01. The van der Waals surface area contributed by atoms with Crippen molar-refractivity contribution < 1.29 is 4.79 Å². The van der Waals surface area contributed by atoms with Crippen LogP contribution in [0.2, 0.25) is 0 Å². The number of nitrogens with one attached hydrogen (secondary N) is 2. The standard InChI is InChI=1S/C17H18N4O/c1-10(22)11-6-7-14-13(8-11)15-16(18-9-19-17(15)21-14)20-12-4-2-3-5-12/h6-9,12H,2-5H2,1H3,(H2,18,19,20,21). The summed E-state index contributed by atoms with van der Waals surface area (Å²) in [5.41, 5.74) is 2.50. The van der Waals surface area contributed by atoms with E-state index in [-0.39, 0.29) is 5.78 Å². The Morgan fingerprint density at radius 1 is 1.27 bits per heavy atom. The largest absolute Gasteiger partial charge is 0.367 e. The third-order valence-corrected chi connectivity index (χ3v) is 4.49. The average molecular weight is 294 g/mol. The number of anilines is 1. The van der Waals surface area contributed by atoms with Crippen LogP contribution >= 0.6 is 0 Å². The van der Waals surface area contributed by atoms with E-state index in [0.29, 0.717) is 11.6 Å². The quantitative estimate of drug-likeness (QED) is 0.723. The van der Waals surface area contributed by atoms with E-state index in [1.165, 1.54) is 25.7 Å². The second-order valence-corrected chi connectivity index (χ2v) is 6.01. The lowest BCUT2D eigenvalue weighted by Gasteiger charge is -2.13. The van der Waals surface area contributed by atoms with Gasteiger partial charge in [0.2, 0.25) is 0 Å². The van der Waals surface area contributed by atoms with Crippen LogP contribution in [-0.4, -0.2) is 26.8 Å². The van der Waals surface area contributed by atoms with Crippen LogP contribution in [0, 0.1) is 0 Å². The number of carbonyl (C=O) groups is 1. The number of carbonyl (C=O) groups excluding carboxylic acids is 1. The average Bonchev–Trinajstić information content (AvgIpc) is 3.13. The number of aromatic nitrogens is 3. The Morgan fingerprint density at radius 3 is 2.86 bits per heavy atom. The molecule has 1 aromatic carbocycles. The van der Waals surface area contributed by atoms with Gasteiger partial charge in [0, 0.05) is 22.5 Å². The third kappa shape index (κ3) is 2.13. The molecular formula is C17H18N4O.